The Kier molecular flexibility index (Phi) is 3.48. The lowest BCUT2D eigenvalue weighted by Gasteiger charge is -2.07. The maximum atomic E-state index is 11.1. The van der Waals surface area contributed by atoms with Gasteiger partial charge in [-0.3, -0.25) is 4.84 Å². The van der Waals surface area contributed by atoms with Crippen LogP contribution in [0.2, 0.25) is 0 Å². The molecule has 0 unspecified atom stereocenters. The zero-order valence-electron chi connectivity index (χ0n) is 8.06. The van der Waals surface area contributed by atoms with E-state index in [1.165, 1.54) is 13.2 Å². The molecule has 0 aliphatic rings. The SMILES string of the molecule is COC(=O)c1cc(O)c(O)c(CON)c1. The van der Waals surface area contributed by atoms with Gasteiger partial charge in [-0.2, -0.15) is 0 Å². The van der Waals surface area contributed by atoms with Crippen LogP contribution in [0.1, 0.15) is 15.9 Å². The number of aromatic hydroxyl groups is 2. The van der Waals surface area contributed by atoms with Crippen LogP contribution in [-0.4, -0.2) is 23.3 Å². The van der Waals surface area contributed by atoms with Gasteiger partial charge >= 0.3 is 5.97 Å². The van der Waals surface area contributed by atoms with Gasteiger partial charge in [-0.05, 0) is 12.1 Å². The molecule has 4 N–H and O–H groups in total. The lowest BCUT2D eigenvalue weighted by atomic mass is 10.1. The molecule has 0 amide bonds. The van der Waals surface area contributed by atoms with Crippen LogP contribution in [0.3, 0.4) is 0 Å². The molecule has 0 aliphatic carbocycles. The Bertz CT molecular complexity index is 377. The van der Waals surface area contributed by atoms with Crippen molar-refractivity contribution in [2.45, 2.75) is 6.61 Å². The van der Waals surface area contributed by atoms with E-state index in [9.17, 15) is 15.0 Å². The van der Waals surface area contributed by atoms with Gasteiger partial charge in [0.25, 0.3) is 0 Å². The van der Waals surface area contributed by atoms with Crippen molar-refractivity contribution in [3.63, 3.8) is 0 Å². The molecular formula is C9H11NO5. The number of methoxy groups -OCH3 is 1. The second kappa shape index (κ2) is 4.63. The third-order valence-corrected chi connectivity index (χ3v) is 1.83. The molecule has 0 heterocycles. The molecule has 0 fully saturated rings. The van der Waals surface area contributed by atoms with Crippen LogP contribution in [0.4, 0.5) is 0 Å². The molecule has 0 spiro atoms. The van der Waals surface area contributed by atoms with Crippen LogP contribution in [0.15, 0.2) is 12.1 Å². The first-order chi connectivity index (χ1) is 7.10. The van der Waals surface area contributed by atoms with Crippen molar-refractivity contribution >= 4 is 5.97 Å². The predicted octanol–water partition coefficient (Wildman–Crippen LogP) is 0.275. The normalized spacial score (nSPS) is 10.0. The minimum Gasteiger partial charge on any atom is -0.504 e. The summed E-state index contributed by atoms with van der Waals surface area (Å²) in [5.41, 5.74) is 0.317. The fourth-order valence-corrected chi connectivity index (χ4v) is 1.11. The average Bonchev–Trinajstić information content (AvgIpc) is 2.23. The van der Waals surface area contributed by atoms with Crippen molar-refractivity contribution in [3.8, 4) is 11.5 Å². The standard InChI is InChI=1S/C9H11NO5/c1-14-9(13)5-2-6(4-15-10)8(12)7(11)3-5/h2-3,11-12H,4,10H2,1H3. The lowest BCUT2D eigenvalue weighted by Crippen LogP contribution is -2.04. The van der Waals surface area contributed by atoms with E-state index in [2.05, 4.69) is 9.57 Å². The molecule has 0 bridgehead atoms. The van der Waals surface area contributed by atoms with Gasteiger partial charge in [0.2, 0.25) is 0 Å². The first kappa shape index (κ1) is 11.3. The molecule has 0 saturated carbocycles. The van der Waals surface area contributed by atoms with Crippen LogP contribution in [-0.2, 0) is 16.2 Å². The third-order valence-electron chi connectivity index (χ3n) is 1.83. The number of rotatable bonds is 3. The molecular weight excluding hydrogens is 202 g/mol. The first-order valence-corrected chi connectivity index (χ1v) is 4.05. The molecule has 6 nitrogen and oxygen atoms in total. The second-order valence-electron chi connectivity index (χ2n) is 2.81. The number of hydrogen-bond acceptors (Lipinski definition) is 6. The number of carbonyl (C=O) groups is 1. The summed E-state index contributed by atoms with van der Waals surface area (Å²) < 4.78 is 4.46. The molecule has 1 rings (SSSR count). The number of benzene rings is 1. The summed E-state index contributed by atoms with van der Waals surface area (Å²) in [6, 6.07) is 2.43. The van der Waals surface area contributed by atoms with E-state index in [1.54, 1.807) is 0 Å². The van der Waals surface area contributed by atoms with Gasteiger partial charge in [0.15, 0.2) is 11.5 Å². The van der Waals surface area contributed by atoms with Gasteiger partial charge < -0.3 is 14.9 Å². The van der Waals surface area contributed by atoms with Crippen molar-refractivity contribution in [1.82, 2.24) is 0 Å². The number of phenols is 2. The molecule has 6 heteroatoms. The molecule has 0 atom stereocenters. The van der Waals surface area contributed by atoms with Crippen molar-refractivity contribution in [2.75, 3.05) is 7.11 Å². The Balaban J connectivity index is 3.16. The molecule has 0 saturated heterocycles. The number of phenolic OH excluding ortho intramolecular Hbond substituents is 2. The number of nitrogens with two attached hydrogens (primary N) is 1. The van der Waals surface area contributed by atoms with Crippen molar-refractivity contribution < 1.29 is 24.6 Å². The van der Waals surface area contributed by atoms with E-state index in [0.717, 1.165) is 6.07 Å². The smallest absolute Gasteiger partial charge is 0.337 e. The molecule has 0 aliphatic heterocycles. The fourth-order valence-electron chi connectivity index (χ4n) is 1.11. The largest absolute Gasteiger partial charge is 0.504 e. The second-order valence-corrected chi connectivity index (χ2v) is 2.81. The zero-order valence-corrected chi connectivity index (χ0v) is 8.06. The molecule has 0 radical (unpaired) electrons. The van der Waals surface area contributed by atoms with Crippen LogP contribution < -0.4 is 5.90 Å². The maximum absolute atomic E-state index is 11.1. The van der Waals surface area contributed by atoms with E-state index < -0.39 is 11.7 Å². The Morgan fingerprint density at radius 2 is 2.13 bits per heavy atom. The molecule has 82 valence electrons. The van der Waals surface area contributed by atoms with E-state index in [4.69, 9.17) is 5.90 Å². The summed E-state index contributed by atoms with van der Waals surface area (Å²) in [7, 11) is 1.21. The number of carbonyl (C=O) groups excluding carboxylic acids is 1. The number of esters is 1. The van der Waals surface area contributed by atoms with E-state index in [0.29, 0.717) is 0 Å². The van der Waals surface area contributed by atoms with Crippen molar-refractivity contribution in [3.05, 3.63) is 23.3 Å². The van der Waals surface area contributed by atoms with Gasteiger partial charge in [0.05, 0.1) is 19.3 Å². The van der Waals surface area contributed by atoms with Crippen LogP contribution in [0.5, 0.6) is 11.5 Å². The van der Waals surface area contributed by atoms with Gasteiger partial charge in [-0.25, -0.2) is 10.7 Å². The highest BCUT2D eigenvalue weighted by Gasteiger charge is 2.14. The minimum atomic E-state index is -0.622. The van der Waals surface area contributed by atoms with Crippen molar-refractivity contribution in [1.29, 1.82) is 0 Å². The zero-order chi connectivity index (χ0) is 11.4. The Hall–Kier alpha value is -1.79. The highest BCUT2D eigenvalue weighted by Crippen LogP contribution is 2.30. The topological polar surface area (TPSA) is 102 Å². The van der Waals surface area contributed by atoms with Gasteiger partial charge in [0.1, 0.15) is 0 Å². The summed E-state index contributed by atoms with van der Waals surface area (Å²) in [5, 5.41) is 18.7. The summed E-state index contributed by atoms with van der Waals surface area (Å²) >= 11 is 0. The third kappa shape index (κ3) is 2.36. The predicted molar refractivity (Wildman–Crippen MR) is 50.1 cm³/mol. The monoisotopic (exact) mass is 213 g/mol. The molecule has 1 aromatic carbocycles. The van der Waals surface area contributed by atoms with E-state index in [-0.39, 0.29) is 23.5 Å². The first-order valence-electron chi connectivity index (χ1n) is 4.05. The maximum Gasteiger partial charge on any atom is 0.337 e. The fraction of sp³-hybridized carbons (Fsp3) is 0.222. The van der Waals surface area contributed by atoms with Crippen LogP contribution in [0.25, 0.3) is 0 Å². The van der Waals surface area contributed by atoms with Gasteiger partial charge in [0, 0.05) is 5.56 Å². The summed E-state index contributed by atoms with van der Waals surface area (Å²) in [6.45, 7) is -0.121. The van der Waals surface area contributed by atoms with Crippen LogP contribution >= 0.6 is 0 Å². The summed E-state index contributed by atoms with van der Waals surface area (Å²) in [5.74, 6) is 3.41. The molecule has 15 heavy (non-hydrogen) atoms. The van der Waals surface area contributed by atoms with E-state index in [1.807, 2.05) is 0 Å². The average molecular weight is 213 g/mol. The summed E-state index contributed by atoms with van der Waals surface area (Å²) in [6.07, 6.45) is 0. The Labute approximate surface area is 85.8 Å². The highest BCUT2D eigenvalue weighted by atomic mass is 16.6. The minimum absolute atomic E-state index is 0.111. The van der Waals surface area contributed by atoms with E-state index >= 15 is 0 Å². The quantitative estimate of drug-likeness (QED) is 0.378. The Morgan fingerprint density at radius 1 is 1.47 bits per heavy atom. The van der Waals surface area contributed by atoms with Crippen molar-refractivity contribution in [2.24, 2.45) is 5.90 Å². The lowest BCUT2D eigenvalue weighted by molar-refractivity contribution is 0.0599. The van der Waals surface area contributed by atoms with Gasteiger partial charge in [-0.1, -0.05) is 0 Å². The number of hydrogen-bond donors (Lipinski definition) is 3. The van der Waals surface area contributed by atoms with Gasteiger partial charge in [-0.15, -0.1) is 0 Å². The number of ether oxygens (including phenoxy) is 1. The summed E-state index contributed by atoms with van der Waals surface area (Å²) in [4.78, 5) is 15.5. The molecule has 0 aromatic heterocycles. The Morgan fingerprint density at radius 3 is 2.67 bits per heavy atom. The highest BCUT2D eigenvalue weighted by molar-refractivity contribution is 5.90. The molecule has 1 aromatic rings. The van der Waals surface area contributed by atoms with Crippen LogP contribution in [0, 0.1) is 0 Å².